The van der Waals surface area contributed by atoms with Crippen molar-refractivity contribution in [3.05, 3.63) is 12.7 Å². The number of ether oxygens (including phenoxy) is 1. The molecular weight excluding hydrogens is 170 g/mol. The van der Waals surface area contributed by atoms with Crippen LogP contribution in [0, 0.1) is 0 Å². The Labute approximate surface area is 77.8 Å². The summed E-state index contributed by atoms with van der Waals surface area (Å²) in [6, 6.07) is -0.0580. The van der Waals surface area contributed by atoms with Gasteiger partial charge in [0.05, 0.1) is 12.6 Å². The average Bonchev–Trinajstić information content (AvgIpc) is 2.61. The van der Waals surface area contributed by atoms with E-state index < -0.39 is 0 Å². The zero-order chi connectivity index (χ0) is 9.68. The second-order valence-corrected chi connectivity index (χ2v) is 3.04. The molecule has 1 rings (SSSR count). The summed E-state index contributed by atoms with van der Waals surface area (Å²) < 4.78 is 4.86. The van der Waals surface area contributed by atoms with Crippen molar-refractivity contribution >= 4 is 6.09 Å². The first kappa shape index (κ1) is 10.1. The second-order valence-electron chi connectivity index (χ2n) is 3.04. The monoisotopic (exact) mass is 185 g/mol. The highest BCUT2D eigenvalue weighted by Crippen LogP contribution is 2.17. The number of nitrogens with zero attached hydrogens (tertiary/aromatic N) is 1. The zero-order valence-electron chi connectivity index (χ0n) is 7.61. The average molecular weight is 185 g/mol. The van der Waals surface area contributed by atoms with Gasteiger partial charge in [-0.1, -0.05) is 12.7 Å². The van der Waals surface area contributed by atoms with Crippen LogP contribution in [0.4, 0.5) is 4.79 Å². The number of aliphatic hydroxyl groups is 1. The van der Waals surface area contributed by atoms with Crippen LogP contribution in [0.1, 0.15) is 12.8 Å². The van der Waals surface area contributed by atoms with Crippen LogP contribution in [-0.2, 0) is 4.74 Å². The molecule has 1 aliphatic rings. The molecule has 1 amide bonds. The van der Waals surface area contributed by atoms with Gasteiger partial charge in [-0.15, -0.1) is 0 Å². The Bertz CT molecular complexity index is 193. The second kappa shape index (κ2) is 4.87. The number of hydrogen-bond acceptors (Lipinski definition) is 3. The Morgan fingerprint density at radius 3 is 3.15 bits per heavy atom. The van der Waals surface area contributed by atoms with Crippen LogP contribution in [0.2, 0.25) is 0 Å². The molecule has 1 aliphatic heterocycles. The number of hydrogen-bond donors (Lipinski definition) is 1. The number of carbonyl (C=O) groups excluding carboxylic acids is 1. The van der Waals surface area contributed by atoms with E-state index in [4.69, 9.17) is 9.84 Å². The van der Waals surface area contributed by atoms with Crippen molar-refractivity contribution in [2.45, 2.75) is 18.9 Å². The van der Waals surface area contributed by atoms with Crippen LogP contribution in [0.15, 0.2) is 12.7 Å². The highest BCUT2D eigenvalue weighted by molar-refractivity contribution is 5.68. The van der Waals surface area contributed by atoms with Crippen molar-refractivity contribution in [1.82, 2.24) is 4.90 Å². The first-order valence-corrected chi connectivity index (χ1v) is 4.44. The normalized spacial score (nSPS) is 21.6. The van der Waals surface area contributed by atoms with Crippen LogP contribution >= 0.6 is 0 Å². The quantitative estimate of drug-likeness (QED) is 0.660. The summed E-state index contributed by atoms with van der Waals surface area (Å²) in [5, 5.41) is 8.94. The third-order valence-electron chi connectivity index (χ3n) is 2.15. The molecule has 0 saturated carbocycles. The Morgan fingerprint density at radius 1 is 1.77 bits per heavy atom. The maximum atomic E-state index is 11.3. The molecule has 13 heavy (non-hydrogen) atoms. The van der Waals surface area contributed by atoms with Gasteiger partial charge in [0.2, 0.25) is 0 Å². The molecule has 1 heterocycles. The van der Waals surface area contributed by atoms with Gasteiger partial charge in [-0.25, -0.2) is 4.79 Å². The minimum atomic E-state index is -0.351. The standard InChI is InChI=1S/C9H15NO3/c1-2-6-13-9(12)10-5-3-4-8(10)7-11/h2,8,11H,1,3-7H2/t8-/m0/s1. The summed E-state index contributed by atoms with van der Waals surface area (Å²) in [6.45, 7) is 4.38. The van der Waals surface area contributed by atoms with E-state index in [1.54, 1.807) is 4.90 Å². The number of likely N-dealkylation sites (tertiary alicyclic amines) is 1. The molecular formula is C9H15NO3. The molecule has 0 bridgehead atoms. The summed E-state index contributed by atoms with van der Waals surface area (Å²) >= 11 is 0. The Balaban J connectivity index is 2.40. The van der Waals surface area contributed by atoms with Gasteiger partial charge < -0.3 is 14.7 Å². The molecule has 74 valence electrons. The van der Waals surface area contributed by atoms with Gasteiger partial charge in [-0.3, -0.25) is 0 Å². The summed E-state index contributed by atoms with van der Waals surface area (Å²) in [5.74, 6) is 0. The predicted molar refractivity (Wildman–Crippen MR) is 48.4 cm³/mol. The topological polar surface area (TPSA) is 49.8 Å². The van der Waals surface area contributed by atoms with Crippen LogP contribution in [0.5, 0.6) is 0 Å². The largest absolute Gasteiger partial charge is 0.445 e. The van der Waals surface area contributed by atoms with Crippen LogP contribution in [0.3, 0.4) is 0 Å². The Hall–Kier alpha value is -1.03. The molecule has 0 aromatic carbocycles. The third-order valence-corrected chi connectivity index (χ3v) is 2.15. The smallest absolute Gasteiger partial charge is 0.410 e. The molecule has 1 N–H and O–H groups in total. The van der Waals surface area contributed by atoms with Crippen molar-refractivity contribution in [1.29, 1.82) is 0 Å². The number of aliphatic hydroxyl groups excluding tert-OH is 1. The first-order chi connectivity index (χ1) is 6.29. The number of amides is 1. The fraction of sp³-hybridized carbons (Fsp3) is 0.667. The summed E-state index contributed by atoms with van der Waals surface area (Å²) in [5.41, 5.74) is 0. The van der Waals surface area contributed by atoms with Crippen LogP contribution in [0.25, 0.3) is 0 Å². The highest BCUT2D eigenvalue weighted by Gasteiger charge is 2.28. The molecule has 1 atom stereocenters. The lowest BCUT2D eigenvalue weighted by molar-refractivity contribution is 0.0926. The van der Waals surface area contributed by atoms with Gasteiger partial charge in [0.15, 0.2) is 0 Å². The lowest BCUT2D eigenvalue weighted by Gasteiger charge is -2.21. The van der Waals surface area contributed by atoms with Crippen molar-refractivity contribution in [3.8, 4) is 0 Å². The number of carbonyl (C=O) groups is 1. The fourth-order valence-corrected chi connectivity index (χ4v) is 1.48. The molecule has 1 saturated heterocycles. The molecule has 0 aromatic heterocycles. The van der Waals surface area contributed by atoms with E-state index in [9.17, 15) is 4.79 Å². The maximum Gasteiger partial charge on any atom is 0.410 e. The Morgan fingerprint density at radius 2 is 2.54 bits per heavy atom. The van der Waals surface area contributed by atoms with E-state index >= 15 is 0 Å². The van der Waals surface area contributed by atoms with Crippen molar-refractivity contribution < 1.29 is 14.6 Å². The zero-order valence-corrected chi connectivity index (χ0v) is 7.61. The minimum absolute atomic E-state index is 0.0171. The molecule has 0 radical (unpaired) electrons. The van der Waals surface area contributed by atoms with Gasteiger partial charge in [0.1, 0.15) is 6.61 Å². The number of rotatable bonds is 3. The summed E-state index contributed by atoms with van der Waals surface area (Å²) in [7, 11) is 0. The minimum Gasteiger partial charge on any atom is -0.445 e. The van der Waals surface area contributed by atoms with E-state index in [-0.39, 0.29) is 25.3 Å². The van der Waals surface area contributed by atoms with Gasteiger partial charge in [-0.2, -0.15) is 0 Å². The van der Waals surface area contributed by atoms with E-state index in [2.05, 4.69) is 6.58 Å². The van der Waals surface area contributed by atoms with E-state index in [1.165, 1.54) is 6.08 Å². The Kier molecular flexibility index (Phi) is 3.76. The molecule has 0 aliphatic carbocycles. The third kappa shape index (κ3) is 2.45. The van der Waals surface area contributed by atoms with Crippen LogP contribution in [-0.4, -0.2) is 41.9 Å². The molecule has 4 heteroatoms. The van der Waals surface area contributed by atoms with Gasteiger partial charge in [0.25, 0.3) is 0 Å². The van der Waals surface area contributed by atoms with Gasteiger partial charge in [-0.05, 0) is 12.8 Å². The lowest BCUT2D eigenvalue weighted by atomic mass is 10.2. The fourth-order valence-electron chi connectivity index (χ4n) is 1.48. The SMILES string of the molecule is C=CCOC(=O)N1CCC[C@H]1CO. The molecule has 0 aromatic rings. The van der Waals surface area contributed by atoms with Gasteiger partial charge >= 0.3 is 6.09 Å². The van der Waals surface area contributed by atoms with E-state index in [0.717, 1.165) is 12.8 Å². The molecule has 0 spiro atoms. The molecule has 1 fully saturated rings. The van der Waals surface area contributed by atoms with Crippen LogP contribution < -0.4 is 0 Å². The maximum absolute atomic E-state index is 11.3. The summed E-state index contributed by atoms with van der Waals surface area (Å²) in [4.78, 5) is 12.9. The van der Waals surface area contributed by atoms with E-state index in [1.807, 2.05) is 0 Å². The highest BCUT2D eigenvalue weighted by atomic mass is 16.6. The molecule has 0 unspecified atom stereocenters. The van der Waals surface area contributed by atoms with Gasteiger partial charge in [0, 0.05) is 6.54 Å². The molecule has 4 nitrogen and oxygen atoms in total. The van der Waals surface area contributed by atoms with Crippen molar-refractivity contribution in [3.63, 3.8) is 0 Å². The lowest BCUT2D eigenvalue weighted by Crippen LogP contribution is -2.38. The predicted octanol–water partition coefficient (Wildman–Crippen LogP) is 0.766. The van der Waals surface area contributed by atoms with Crippen molar-refractivity contribution in [2.75, 3.05) is 19.8 Å². The first-order valence-electron chi connectivity index (χ1n) is 4.44. The van der Waals surface area contributed by atoms with Crippen molar-refractivity contribution in [2.24, 2.45) is 0 Å². The summed E-state index contributed by atoms with van der Waals surface area (Å²) in [6.07, 6.45) is 2.98. The van der Waals surface area contributed by atoms with E-state index in [0.29, 0.717) is 6.54 Å².